The molecule has 0 amide bonds. The lowest BCUT2D eigenvalue weighted by atomic mass is 10.0. The van der Waals surface area contributed by atoms with Crippen LogP contribution in [0.2, 0.25) is 5.02 Å². The van der Waals surface area contributed by atoms with Crippen molar-refractivity contribution in [2.45, 2.75) is 12.7 Å². The van der Waals surface area contributed by atoms with Crippen LogP contribution in [0.25, 0.3) is 32.9 Å². The Balaban J connectivity index is 2.16. The van der Waals surface area contributed by atoms with Crippen molar-refractivity contribution in [3.8, 4) is 11.1 Å². The maximum absolute atomic E-state index is 13.2. The zero-order valence-corrected chi connectivity index (χ0v) is 13.4. The molecule has 4 rings (SSSR count). The number of rotatable bonds is 2. The van der Waals surface area contributed by atoms with E-state index < -0.39 is 12.7 Å². The number of pyridine rings is 1. The maximum Gasteiger partial charge on any atom is 0.406 e. The zero-order chi connectivity index (χ0) is 17.6. The summed E-state index contributed by atoms with van der Waals surface area (Å²) in [5.74, 6) is 0. The normalized spacial score (nSPS) is 12.2. The summed E-state index contributed by atoms with van der Waals surface area (Å²) in [5.41, 5.74) is 1.97. The van der Waals surface area contributed by atoms with Gasteiger partial charge in [-0.3, -0.25) is 4.98 Å². The average molecular weight is 363 g/mol. The van der Waals surface area contributed by atoms with Crippen LogP contribution in [0.15, 0.2) is 49.3 Å². The van der Waals surface area contributed by atoms with E-state index >= 15 is 0 Å². The molecule has 3 aromatic heterocycles. The van der Waals surface area contributed by atoms with Crippen LogP contribution >= 0.6 is 11.6 Å². The Morgan fingerprint density at radius 3 is 2.48 bits per heavy atom. The van der Waals surface area contributed by atoms with Gasteiger partial charge in [0.05, 0.1) is 17.2 Å². The topological polar surface area (TPSA) is 43.6 Å². The van der Waals surface area contributed by atoms with Gasteiger partial charge in [0.1, 0.15) is 12.9 Å². The Morgan fingerprint density at radius 1 is 1.00 bits per heavy atom. The number of alkyl halides is 3. The van der Waals surface area contributed by atoms with Crippen LogP contribution in [0.1, 0.15) is 0 Å². The van der Waals surface area contributed by atoms with Gasteiger partial charge in [0.2, 0.25) is 0 Å². The molecular weight excluding hydrogens is 353 g/mol. The Kier molecular flexibility index (Phi) is 3.61. The fraction of sp³-hybridized carbons (Fsp3) is 0.118. The summed E-state index contributed by atoms with van der Waals surface area (Å²) in [4.78, 5) is 11.9. The molecule has 0 N–H and O–H groups in total. The Morgan fingerprint density at radius 2 is 1.76 bits per heavy atom. The third-order valence-corrected chi connectivity index (χ3v) is 4.15. The van der Waals surface area contributed by atoms with Gasteiger partial charge in [-0.2, -0.15) is 13.2 Å². The molecule has 0 unspecified atom stereocenters. The fourth-order valence-corrected chi connectivity index (χ4v) is 3.26. The van der Waals surface area contributed by atoms with Crippen molar-refractivity contribution >= 4 is 33.4 Å². The van der Waals surface area contributed by atoms with Gasteiger partial charge in [-0.15, -0.1) is 0 Å². The Bertz CT molecular complexity index is 1070. The number of hydrogen-bond acceptors (Lipinski definition) is 3. The molecule has 0 bridgehead atoms. The minimum Gasteiger partial charge on any atom is -0.329 e. The van der Waals surface area contributed by atoms with Crippen molar-refractivity contribution in [1.82, 2.24) is 19.5 Å². The van der Waals surface area contributed by atoms with Gasteiger partial charge in [-0.05, 0) is 18.2 Å². The molecule has 0 aliphatic carbocycles. The molecule has 8 heteroatoms. The highest BCUT2D eigenvalue weighted by molar-refractivity contribution is 6.32. The number of fused-ring (bicyclic) bond motifs is 3. The smallest absolute Gasteiger partial charge is 0.329 e. The summed E-state index contributed by atoms with van der Waals surface area (Å²) in [7, 11) is 0. The highest BCUT2D eigenvalue weighted by Crippen LogP contribution is 2.38. The van der Waals surface area contributed by atoms with Crippen molar-refractivity contribution in [3.63, 3.8) is 0 Å². The molecular formula is C17H10ClF3N4. The van der Waals surface area contributed by atoms with E-state index in [1.165, 1.54) is 17.1 Å². The number of nitrogens with zero attached hydrogens (tertiary/aromatic N) is 4. The van der Waals surface area contributed by atoms with Crippen LogP contribution in [0.5, 0.6) is 0 Å². The Labute approximate surface area is 144 Å². The van der Waals surface area contributed by atoms with E-state index in [0.717, 1.165) is 0 Å². The first kappa shape index (κ1) is 15.8. The second kappa shape index (κ2) is 5.70. The molecule has 0 aliphatic rings. The summed E-state index contributed by atoms with van der Waals surface area (Å²) in [6.45, 7) is -1.12. The molecule has 126 valence electrons. The first-order valence-electron chi connectivity index (χ1n) is 7.31. The maximum atomic E-state index is 13.2. The Hall–Kier alpha value is -2.67. The van der Waals surface area contributed by atoms with Gasteiger partial charge in [0, 0.05) is 45.5 Å². The summed E-state index contributed by atoms with van der Waals surface area (Å²) < 4.78 is 40.8. The van der Waals surface area contributed by atoms with E-state index in [2.05, 4.69) is 15.0 Å². The molecule has 0 aliphatic heterocycles. The van der Waals surface area contributed by atoms with Crippen LogP contribution in [-0.4, -0.2) is 25.7 Å². The van der Waals surface area contributed by atoms with E-state index in [-0.39, 0.29) is 0 Å². The predicted octanol–water partition coefficient (Wildman–Crippen LogP) is 4.86. The molecule has 0 saturated heterocycles. The number of halogens is 4. The van der Waals surface area contributed by atoms with Gasteiger partial charge in [0.15, 0.2) is 0 Å². The summed E-state index contributed by atoms with van der Waals surface area (Å²) in [6, 6.07) is 4.98. The van der Waals surface area contributed by atoms with E-state index in [1.54, 1.807) is 36.8 Å². The van der Waals surface area contributed by atoms with Crippen LogP contribution in [0, 0.1) is 0 Å². The molecule has 0 saturated carbocycles. The van der Waals surface area contributed by atoms with Crippen LogP contribution < -0.4 is 0 Å². The summed E-state index contributed by atoms with van der Waals surface area (Å²) >= 11 is 6.23. The molecule has 0 atom stereocenters. The van der Waals surface area contributed by atoms with Crippen LogP contribution in [0.4, 0.5) is 13.2 Å². The lowest BCUT2D eigenvalue weighted by Gasteiger charge is -2.13. The standard InChI is InChI=1S/C17H10ClF3N4/c18-11-3-13(10-5-23-9-24-6-10)16-14(4-11)12-1-2-22-7-15(12)25(16)8-17(19,20)21/h1-7,9H,8H2. The minimum atomic E-state index is -4.38. The minimum absolute atomic E-state index is 0.398. The van der Waals surface area contributed by atoms with E-state index in [1.807, 2.05) is 0 Å². The third-order valence-electron chi connectivity index (χ3n) is 3.93. The largest absolute Gasteiger partial charge is 0.406 e. The van der Waals surface area contributed by atoms with Crippen molar-refractivity contribution in [3.05, 3.63) is 54.3 Å². The third kappa shape index (κ3) is 2.80. The molecule has 0 fully saturated rings. The lowest BCUT2D eigenvalue weighted by molar-refractivity contribution is -0.139. The van der Waals surface area contributed by atoms with Gasteiger partial charge in [-0.1, -0.05) is 11.6 Å². The number of benzene rings is 1. The number of aromatic nitrogens is 4. The highest BCUT2D eigenvalue weighted by atomic mass is 35.5. The van der Waals surface area contributed by atoms with Gasteiger partial charge in [-0.25, -0.2) is 9.97 Å². The SMILES string of the molecule is FC(F)(F)Cn1c2cnccc2c2cc(Cl)cc(-c3cncnc3)c21. The van der Waals surface area contributed by atoms with Crippen LogP contribution in [-0.2, 0) is 6.54 Å². The van der Waals surface area contributed by atoms with Gasteiger partial charge >= 0.3 is 6.18 Å². The molecule has 1 aromatic carbocycles. The number of hydrogen-bond donors (Lipinski definition) is 0. The van der Waals surface area contributed by atoms with Crippen LogP contribution in [0.3, 0.4) is 0 Å². The molecule has 0 radical (unpaired) electrons. The monoisotopic (exact) mass is 362 g/mol. The second-order valence-corrected chi connectivity index (χ2v) is 6.01. The molecule has 3 heterocycles. The van der Waals surface area contributed by atoms with E-state index in [9.17, 15) is 13.2 Å². The molecule has 0 spiro atoms. The second-order valence-electron chi connectivity index (χ2n) is 5.57. The quantitative estimate of drug-likeness (QED) is 0.511. The average Bonchev–Trinajstić information content (AvgIpc) is 2.88. The fourth-order valence-electron chi connectivity index (χ4n) is 3.05. The molecule has 4 nitrogen and oxygen atoms in total. The highest BCUT2D eigenvalue weighted by Gasteiger charge is 2.30. The summed E-state index contributed by atoms with van der Waals surface area (Å²) in [5, 5.41) is 1.72. The van der Waals surface area contributed by atoms with Gasteiger partial charge in [0.25, 0.3) is 0 Å². The van der Waals surface area contributed by atoms with Crippen molar-refractivity contribution < 1.29 is 13.2 Å². The summed E-state index contributed by atoms with van der Waals surface area (Å²) in [6.07, 6.45) is 3.06. The first-order valence-corrected chi connectivity index (χ1v) is 7.69. The van der Waals surface area contributed by atoms with Gasteiger partial charge < -0.3 is 4.57 Å². The first-order chi connectivity index (χ1) is 11.9. The molecule has 25 heavy (non-hydrogen) atoms. The van der Waals surface area contributed by atoms with E-state index in [4.69, 9.17) is 11.6 Å². The predicted molar refractivity (Wildman–Crippen MR) is 89.3 cm³/mol. The van der Waals surface area contributed by atoms with E-state index in [0.29, 0.717) is 38.0 Å². The van der Waals surface area contributed by atoms with Crippen molar-refractivity contribution in [2.24, 2.45) is 0 Å². The van der Waals surface area contributed by atoms with Crippen molar-refractivity contribution in [2.75, 3.05) is 0 Å². The van der Waals surface area contributed by atoms with Crippen molar-refractivity contribution in [1.29, 1.82) is 0 Å². The lowest BCUT2D eigenvalue weighted by Crippen LogP contribution is -2.17. The zero-order valence-electron chi connectivity index (χ0n) is 12.6. The molecule has 4 aromatic rings.